The second-order valence-electron chi connectivity index (χ2n) is 18.1. The molecule has 0 spiro atoms. The molecular formula is C47H78O2. The van der Waals surface area contributed by atoms with Crippen LogP contribution in [0.25, 0.3) is 0 Å². The summed E-state index contributed by atoms with van der Waals surface area (Å²) in [5.74, 6) is 4.35. The van der Waals surface area contributed by atoms with E-state index in [4.69, 9.17) is 4.74 Å². The lowest BCUT2D eigenvalue weighted by atomic mass is 9.49. The van der Waals surface area contributed by atoms with Crippen LogP contribution < -0.4 is 0 Å². The molecule has 0 aromatic heterocycles. The summed E-state index contributed by atoms with van der Waals surface area (Å²) in [6.45, 7) is 5.40. The molecule has 278 valence electrons. The van der Waals surface area contributed by atoms with E-state index in [0.717, 1.165) is 43.0 Å². The first-order valence-electron chi connectivity index (χ1n) is 22.3. The van der Waals surface area contributed by atoms with Gasteiger partial charge in [-0.1, -0.05) is 166 Å². The predicted octanol–water partition coefficient (Wildman–Crippen LogP) is 14.5. The SMILES string of the molecule is CCCCCCC[C@H]1CC[C@H](C2(CC(c3ccccc3)C3([C@H]4CC[C@H](CCCCCCC)CC4)CCCCC3)CCC(OC=O)CC2)CC1. The van der Waals surface area contributed by atoms with Crippen LogP contribution in [0.3, 0.4) is 0 Å². The topological polar surface area (TPSA) is 26.3 Å². The van der Waals surface area contributed by atoms with Crippen LogP contribution in [0.1, 0.15) is 218 Å². The molecule has 1 atom stereocenters. The molecule has 49 heavy (non-hydrogen) atoms. The lowest BCUT2D eigenvalue weighted by Gasteiger charge is -2.56. The van der Waals surface area contributed by atoms with E-state index in [2.05, 4.69) is 44.2 Å². The summed E-state index contributed by atoms with van der Waals surface area (Å²) in [7, 11) is 0. The van der Waals surface area contributed by atoms with Gasteiger partial charge >= 0.3 is 0 Å². The summed E-state index contributed by atoms with van der Waals surface area (Å²) in [4.78, 5) is 11.4. The third-order valence-electron chi connectivity index (χ3n) is 15.3. The Bertz CT molecular complexity index is 1000. The highest BCUT2D eigenvalue weighted by Crippen LogP contribution is 2.63. The normalized spacial score (nSPS) is 31.2. The molecule has 0 radical (unpaired) electrons. The Kier molecular flexibility index (Phi) is 16.4. The van der Waals surface area contributed by atoms with Gasteiger partial charge in [0.25, 0.3) is 6.47 Å². The minimum atomic E-state index is 0.140. The van der Waals surface area contributed by atoms with Gasteiger partial charge < -0.3 is 4.74 Å². The van der Waals surface area contributed by atoms with Crippen molar-refractivity contribution in [1.82, 2.24) is 0 Å². The number of carbonyl (C=O) groups excluding carboxylic acids is 1. The monoisotopic (exact) mass is 675 g/mol. The summed E-state index contributed by atoms with van der Waals surface area (Å²) in [6.07, 6.45) is 42.3. The molecule has 0 aliphatic heterocycles. The van der Waals surface area contributed by atoms with Crippen LogP contribution in [-0.4, -0.2) is 12.6 Å². The summed E-state index contributed by atoms with van der Waals surface area (Å²) in [5.41, 5.74) is 2.52. The van der Waals surface area contributed by atoms with Gasteiger partial charge in [0.1, 0.15) is 6.10 Å². The van der Waals surface area contributed by atoms with Crippen LogP contribution >= 0.6 is 0 Å². The number of rotatable bonds is 20. The smallest absolute Gasteiger partial charge is 0.293 e. The molecule has 4 aliphatic rings. The largest absolute Gasteiger partial charge is 0.465 e. The molecule has 1 unspecified atom stereocenters. The fourth-order valence-corrected chi connectivity index (χ4v) is 12.3. The molecule has 0 heterocycles. The Morgan fingerprint density at radius 2 is 1.16 bits per heavy atom. The van der Waals surface area contributed by atoms with Crippen LogP contribution in [0, 0.1) is 34.5 Å². The molecular weight excluding hydrogens is 597 g/mol. The van der Waals surface area contributed by atoms with Gasteiger partial charge in [0.05, 0.1) is 0 Å². The van der Waals surface area contributed by atoms with E-state index in [-0.39, 0.29) is 6.10 Å². The van der Waals surface area contributed by atoms with Crippen molar-refractivity contribution in [1.29, 1.82) is 0 Å². The first-order valence-corrected chi connectivity index (χ1v) is 22.3. The molecule has 0 amide bonds. The van der Waals surface area contributed by atoms with Gasteiger partial charge in [-0.15, -0.1) is 0 Å². The molecule has 2 nitrogen and oxygen atoms in total. The Morgan fingerprint density at radius 1 is 0.633 bits per heavy atom. The molecule has 0 bridgehead atoms. The first-order chi connectivity index (χ1) is 24.1. The van der Waals surface area contributed by atoms with Gasteiger partial charge in [0, 0.05) is 0 Å². The van der Waals surface area contributed by atoms with Crippen molar-refractivity contribution >= 4 is 6.47 Å². The van der Waals surface area contributed by atoms with E-state index >= 15 is 0 Å². The lowest BCUT2D eigenvalue weighted by Crippen LogP contribution is -2.46. The summed E-state index contributed by atoms with van der Waals surface area (Å²) in [6, 6.07) is 12.0. The van der Waals surface area contributed by atoms with E-state index in [1.165, 1.54) is 180 Å². The van der Waals surface area contributed by atoms with Gasteiger partial charge in [-0.05, 0) is 117 Å². The fourth-order valence-electron chi connectivity index (χ4n) is 12.3. The lowest BCUT2D eigenvalue weighted by molar-refractivity contribution is -0.137. The van der Waals surface area contributed by atoms with Crippen molar-refractivity contribution in [3.63, 3.8) is 0 Å². The zero-order chi connectivity index (χ0) is 34.2. The molecule has 0 N–H and O–H groups in total. The third kappa shape index (κ3) is 10.9. The Labute approximate surface area is 304 Å². The molecule has 2 heteroatoms. The van der Waals surface area contributed by atoms with Crippen molar-refractivity contribution in [2.75, 3.05) is 0 Å². The van der Waals surface area contributed by atoms with Crippen LogP contribution in [0.15, 0.2) is 30.3 Å². The van der Waals surface area contributed by atoms with E-state index in [1.807, 2.05) is 0 Å². The molecule has 4 aliphatic carbocycles. The predicted molar refractivity (Wildman–Crippen MR) is 209 cm³/mol. The van der Waals surface area contributed by atoms with E-state index in [0.29, 0.717) is 16.7 Å². The average Bonchev–Trinajstić information content (AvgIpc) is 3.16. The maximum atomic E-state index is 11.4. The van der Waals surface area contributed by atoms with E-state index < -0.39 is 0 Å². The molecule has 0 saturated heterocycles. The van der Waals surface area contributed by atoms with E-state index in [9.17, 15) is 4.79 Å². The Hall–Kier alpha value is -1.31. The van der Waals surface area contributed by atoms with Crippen LogP contribution in [0.2, 0.25) is 0 Å². The van der Waals surface area contributed by atoms with Crippen molar-refractivity contribution in [3.8, 4) is 0 Å². The highest BCUT2D eigenvalue weighted by Gasteiger charge is 2.52. The number of unbranched alkanes of at least 4 members (excludes halogenated alkanes) is 8. The zero-order valence-corrected chi connectivity index (χ0v) is 32.5. The fraction of sp³-hybridized carbons (Fsp3) is 0.851. The van der Waals surface area contributed by atoms with Gasteiger partial charge in [0.15, 0.2) is 0 Å². The number of hydrogen-bond donors (Lipinski definition) is 0. The first kappa shape index (κ1) is 38.9. The molecule has 4 fully saturated rings. The van der Waals surface area contributed by atoms with Crippen molar-refractivity contribution in [2.45, 2.75) is 218 Å². The molecule has 4 saturated carbocycles. The second kappa shape index (κ2) is 20.7. The molecule has 1 aromatic rings. The maximum absolute atomic E-state index is 11.4. The van der Waals surface area contributed by atoms with Gasteiger partial charge in [-0.3, -0.25) is 4.79 Å². The highest BCUT2D eigenvalue weighted by molar-refractivity contribution is 5.37. The van der Waals surface area contributed by atoms with Crippen LogP contribution in [-0.2, 0) is 9.53 Å². The van der Waals surface area contributed by atoms with Crippen LogP contribution in [0.5, 0.6) is 0 Å². The summed E-state index contributed by atoms with van der Waals surface area (Å²) < 4.78 is 5.65. The van der Waals surface area contributed by atoms with Crippen molar-refractivity contribution in [3.05, 3.63) is 35.9 Å². The quantitative estimate of drug-likeness (QED) is 0.102. The van der Waals surface area contributed by atoms with E-state index in [1.54, 1.807) is 5.56 Å². The molecule has 5 rings (SSSR count). The Morgan fingerprint density at radius 3 is 1.69 bits per heavy atom. The third-order valence-corrected chi connectivity index (χ3v) is 15.3. The van der Waals surface area contributed by atoms with Crippen molar-refractivity contribution in [2.24, 2.45) is 34.5 Å². The number of hydrogen-bond acceptors (Lipinski definition) is 2. The maximum Gasteiger partial charge on any atom is 0.293 e. The zero-order valence-electron chi connectivity index (χ0n) is 32.5. The average molecular weight is 675 g/mol. The van der Waals surface area contributed by atoms with Gasteiger partial charge in [-0.25, -0.2) is 0 Å². The minimum Gasteiger partial charge on any atom is -0.465 e. The summed E-state index contributed by atoms with van der Waals surface area (Å²) in [5, 5.41) is 0. The minimum absolute atomic E-state index is 0.140. The van der Waals surface area contributed by atoms with Crippen molar-refractivity contribution < 1.29 is 9.53 Å². The second-order valence-corrected chi connectivity index (χ2v) is 18.1. The summed E-state index contributed by atoms with van der Waals surface area (Å²) >= 11 is 0. The number of carbonyl (C=O) groups is 1. The number of ether oxygens (including phenoxy) is 1. The number of benzene rings is 1. The Balaban J connectivity index is 1.34. The van der Waals surface area contributed by atoms with Gasteiger partial charge in [0.2, 0.25) is 0 Å². The standard InChI is InChI=1S/C47H78O2/c1-3-5-7-9-13-19-39-23-27-42(28-24-39)46(35-31-44(32-36-46)49-38-48)37-45(41-21-15-11-16-22-41)47(33-17-12-18-34-47)43-29-25-40(26-30-43)20-14-10-8-6-4-2/h11,15-16,21-22,38-40,42-45H,3-10,12-14,17-20,23-37H2,1-2H3/t39-,40-,42-,43-,44?,45?,46?. The van der Waals surface area contributed by atoms with Crippen LogP contribution in [0.4, 0.5) is 0 Å². The van der Waals surface area contributed by atoms with Gasteiger partial charge in [-0.2, -0.15) is 0 Å². The molecule has 1 aromatic carbocycles. The highest BCUT2D eigenvalue weighted by atomic mass is 16.5.